The first kappa shape index (κ1) is 24.7. The third-order valence-electron chi connectivity index (χ3n) is 7.93. The zero-order chi connectivity index (χ0) is 27.1. The van der Waals surface area contributed by atoms with Gasteiger partial charge in [-0.1, -0.05) is 30.3 Å². The smallest absolute Gasteiger partial charge is 0.332 e. The van der Waals surface area contributed by atoms with Gasteiger partial charge in [-0.3, -0.25) is 9.59 Å². The largest absolute Gasteiger partial charge is 0.497 e. The van der Waals surface area contributed by atoms with Crippen LogP contribution in [0.15, 0.2) is 72.8 Å². The number of ether oxygens (including phenoxy) is 1. The number of hydrogen-bond donors (Lipinski definition) is 2. The molecule has 39 heavy (non-hydrogen) atoms. The Morgan fingerprint density at radius 3 is 2.56 bits per heavy atom. The van der Waals surface area contributed by atoms with Gasteiger partial charge in [0.1, 0.15) is 5.75 Å². The number of anilines is 1. The summed E-state index contributed by atoms with van der Waals surface area (Å²) in [5.41, 5.74) is 3.69. The van der Waals surface area contributed by atoms with Gasteiger partial charge in [-0.05, 0) is 79.8 Å². The maximum absolute atomic E-state index is 13.9. The van der Waals surface area contributed by atoms with Gasteiger partial charge >= 0.3 is 6.03 Å². The van der Waals surface area contributed by atoms with Crippen molar-refractivity contribution in [1.82, 2.24) is 15.2 Å². The lowest BCUT2D eigenvalue weighted by molar-refractivity contribution is -0.125. The van der Waals surface area contributed by atoms with Gasteiger partial charge in [-0.15, -0.1) is 0 Å². The Kier molecular flexibility index (Phi) is 6.10. The Labute approximate surface area is 226 Å². The van der Waals surface area contributed by atoms with E-state index in [1.165, 1.54) is 10.5 Å². The van der Waals surface area contributed by atoms with Crippen molar-refractivity contribution < 1.29 is 19.1 Å². The molecule has 0 unspecified atom stereocenters. The maximum Gasteiger partial charge on any atom is 0.332 e. The van der Waals surface area contributed by atoms with Gasteiger partial charge in [0, 0.05) is 29.6 Å². The van der Waals surface area contributed by atoms with Crippen LogP contribution < -0.4 is 15.0 Å². The van der Waals surface area contributed by atoms with Gasteiger partial charge in [0.15, 0.2) is 5.54 Å². The van der Waals surface area contributed by atoms with Crippen molar-refractivity contribution in [2.24, 2.45) is 0 Å². The van der Waals surface area contributed by atoms with Crippen LogP contribution in [0.3, 0.4) is 0 Å². The number of nitrogens with one attached hydrogen (secondary N) is 2. The Morgan fingerprint density at radius 1 is 1.05 bits per heavy atom. The first-order valence-corrected chi connectivity index (χ1v) is 13.2. The lowest BCUT2D eigenvalue weighted by atomic mass is 9.87. The lowest BCUT2D eigenvalue weighted by Crippen LogP contribution is -2.49. The number of urea groups is 1. The zero-order valence-electron chi connectivity index (χ0n) is 22.0. The average molecular weight is 523 g/mol. The number of carbonyl (C=O) groups is 3. The SMILES string of the molecule is COc1ccc2[nH]c3c(c2c1)CCN1C(=O)N(c2ccc(C(=O)NCCCc4ccccc4)cc2)C(=O)[C@]31C. The van der Waals surface area contributed by atoms with Crippen LogP contribution in [0.1, 0.15) is 40.5 Å². The monoisotopic (exact) mass is 522 g/mol. The van der Waals surface area contributed by atoms with Crippen LogP contribution in [-0.4, -0.2) is 47.9 Å². The van der Waals surface area contributed by atoms with Crippen LogP contribution in [0.5, 0.6) is 5.75 Å². The van der Waals surface area contributed by atoms with Crippen LogP contribution in [0.2, 0.25) is 0 Å². The summed E-state index contributed by atoms with van der Waals surface area (Å²) < 4.78 is 5.40. The van der Waals surface area contributed by atoms with E-state index >= 15 is 0 Å². The maximum atomic E-state index is 13.9. The third-order valence-corrected chi connectivity index (χ3v) is 7.93. The summed E-state index contributed by atoms with van der Waals surface area (Å²) in [6.07, 6.45) is 2.36. The lowest BCUT2D eigenvalue weighted by Gasteiger charge is -2.35. The first-order valence-electron chi connectivity index (χ1n) is 13.2. The molecule has 1 saturated heterocycles. The van der Waals surface area contributed by atoms with Gasteiger partial charge in [0.05, 0.1) is 18.5 Å². The van der Waals surface area contributed by atoms with Crippen LogP contribution in [0.4, 0.5) is 10.5 Å². The molecule has 1 aromatic heterocycles. The van der Waals surface area contributed by atoms with Crippen LogP contribution in [-0.2, 0) is 23.2 Å². The summed E-state index contributed by atoms with van der Waals surface area (Å²) >= 11 is 0. The first-order chi connectivity index (χ1) is 18.9. The summed E-state index contributed by atoms with van der Waals surface area (Å²) in [5.74, 6) is 0.244. The molecule has 6 rings (SSSR count). The summed E-state index contributed by atoms with van der Waals surface area (Å²) in [4.78, 5) is 46.3. The van der Waals surface area contributed by atoms with E-state index in [2.05, 4.69) is 22.4 Å². The van der Waals surface area contributed by atoms with Crippen LogP contribution in [0.25, 0.3) is 10.9 Å². The topological polar surface area (TPSA) is 94.7 Å². The fourth-order valence-corrected chi connectivity index (χ4v) is 5.78. The number of methoxy groups -OCH3 is 1. The van der Waals surface area contributed by atoms with E-state index in [-0.39, 0.29) is 17.8 Å². The number of H-pyrrole nitrogens is 1. The third kappa shape index (κ3) is 4.03. The second kappa shape index (κ2) is 9.62. The van der Waals surface area contributed by atoms with E-state index in [1.54, 1.807) is 43.2 Å². The molecule has 2 aliphatic rings. The Hall–Kier alpha value is -4.59. The van der Waals surface area contributed by atoms with E-state index in [1.807, 2.05) is 36.4 Å². The standard InChI is InChI=1S/C31H30N4O4/c1-31-27-24(25-19-23(39-2)14-15-26(25)33-27)16-18-34(31)30(38)35(29(31)37)22-12-10-21(11-13-22)28(36)32-17-6-9-20-7-4-3-5-8-20/h3-5,7-8,10-15,19,33H,6,9,16-18H2,1-2H3,(H,32,36)/t31-/m0/s1. The molecule has 198 valence electrons. The molecule has 0 bridgehead atoms. The van der Waals surface area contributed by atoms with Crippen molar-refractivity contribution in [3.05, 3.63) is 95.2 Å². The minimum Gasteiger partial charge on any atom is -0.497 e. The highest BCUT2D eigenvalue weighted by Crippen LogP contribution is 2.45. The van der Waals surface area contributed by atoms with Gasteiger partial charge < -0.3 is 19.9 Å². The van der Waals surface area contributed by atoms with Gasteiger partial charge in [0.25, 0.3) is 11.8 Å². The molecule has 0 aliphatic carbocycles. The molecule has 2 aliphatic heterocycles. The van der Waals surface area contributed by atoms with Crippen molar-refractivity contribution in [3.63, 3.8) is 0 Å². The molecule has 0 spiro atoms. The Morgan fingerprint density at radius 2 is 1.82 bits per heavy atom. The highest BCUT2D eigenvalue weighted by Gasteiger charge is 2.59. The van der Waals surface area contributed by atoms with Crippen molar-refractivity contribution in [2.75, 3.05) is 25.1 Å². The highest BCUT2D eigenvalue weighted by molar-refractivity contribution is 6.23. The van der Waals surface area contributed by atoms with Gasteiger partial charge in [-0.2, -0.15) is 0 Å². The van der Waals surface area contributed by atoms with Gasteiger partial charge in [0.2, 0.25) is 0 Å². The molecule has 4 amide bonds. The molecule has 8 nitrogen and oxygen atoms in total. The number of hydrogen-bond acceptors (Lipinski definition) is 4. The Balaban J connectivity index is 1.19. The fourth-order valence-electron chi connectivity index (χ4n) is 5.78. The molecule has 4 aromatic rings. The second-order valence-corrected chi connectivity index (χ2v) is 10.2. The normalized spacial score (nSPS) is 18.3. The number of fused-ring (bicyclic) bond motifs is 5. The molecule has 1 fully saturated rings. The number of aryl methyl sites for hydroxylation is 1. The van der Waals surface area contributed by atoms with E-state index in [4.69, 9.17) is 4.74 Å². The number of rotatable bonds is 7. The molecule has 0 saturated carbocycles. The van der Waals surface area contributed by atoms with E-state index < -0.39 is 5.54 Å². The number of amides is 4. The molecule has 2 N–H and O–H groups in total. The summed E-state index contributed by atoms with van der Waals surface area (Å²) in [6.45, 7) is 2.79. The fraction of sp³-hybridized carbons (Fsp3) is 0.258. The molecule has 1 atom stereocenters. The van der Waals surface area contributed by atoms with E-state index in [9.17, 15) is 14.4 Å². The van der Waals surface area contributed by atoms with Crippen molar-refractivity contribution in [2.45, 2.75) is 31.7 Å². The second-order valence-electron chi connectivity index (χ2n) is 10.2. The molecule has 3 heterocycles. The van der Waals surface area contributed by atoms with Crippen LogP contribution >= 0.6 is 0 Å². The van der Waals surface area contributed by atoms with Crippen molar-refractivity contribution in [3.8, 4) is 5.75 Å². The highest BCUT2D eigenvalue weighted by atomic mass is 16.5. The zero-order valence-corrected chi connectivity index (χ0v) is 22.0. The molecular weight excluding hydrogens is 492 g/mol. The minimum atomic E-state index is -1.15. The number of carbonyl (C=O) groups excluding carboxylic acids is 3. The molecule has 0 radical (unpaired) electrons. The van der Waals surface area contributed by atoms with E-state index in [0.717, 1.165) is 40.8 Å². The minimum absolute atomic E-state index is 0.184. The molecule has 8 heteroatoms. The molecule has 3 aromatic carbocycles. The number of aromatic nitrogens is 1. The van der Waals surface area contributed by atoms with Crippen LogP contribution in [0, 0.1) is 0 Å². The summed E-state index contributed by atoms with van der Waals surface area (Å²) in [7, 11) is 1.63. The number of benzene rings is 3. The quantitative estimate of drug-likeness (QED) is 0.270. The Bertz CT molecular complexity index is 1580. The van der Waals surface area contributed by atoms with Gasteiger partial charge in [-0.25, -0.2) is 9.69 Å². The van der Waals surface area contributed by atoms with Crippen molar-refractivity contribution in [1.29, 1.82) is 0 Å². The molecular formula is C31H30N4O4. The summed E-state index contributed by atoms with van der Waals surface area (Å²) in [6, 6.07) is 22.2. The number of aromatic amines is 1. The predicted octanol–water partition coefficient (Wildman–Crippen LogP) is 4.78. The van der Waals surface area contributed by atoms with E-state index in [0.29, 0.717) is 30.8 Å². The predicted molar refractivity (Wildman–Crippen MR) is 149 cm³/mol. The number of imide groups is 1. The summed E-state index contributed by atoms with van der Waals surface area (Å²) in [5, 5.41) is 3.95. The number of nitrogens with zero attached hydrogens (tertiary/aromatic N) is 2. The average Bonchev–Trinajstić information content (AvgIpc) is 3.44. The van der Waals surface area contributed by atoms with Crippen molar-refractivity contribution >= 4 is 34.4 Å².